The van der Waals surface area contributed by atoms with E-state index in [1.54, 1.807) is 4.31 Å². The quantitative estimate of drug-likeness (QED) is 0.607. The molecular weight excluding hydrogens is 182 g/mol. The fourth-order valence-electron chi connectivity index (χ4n) is 1.20. The smallest absolute Gasteiger partial charge is 0.211 e. The molecule has 0 N–H and O–H groups in total. The number of sulfonamides is 1. The van der Waals surface area contributed by atoms with Crippen molar-refractivity contribution in [2.45, 2.75) is 13.0 Å². The Morgan fingerprint density at radius 2 is 2.18 bits per heavy atom. The molecule has 1 rings (SSSR count). The summed E-state index contributed by atoms with van der Waals surface area (Å²) in [5.74, 6) is 1.85. The third kappa shape index (κ3) is 2.35. The van der Waals surface area contributed by atoms with Crippen LogP contribution >= 0.6 is 11.8 Å². The lowest BCUT2D eigenvalue weighted by Crippen LogP contribution is -2.43. The summed E-state index contributed by atoms with van der Waals surface area (Å²) in [6.45, 7) is 2.62. The molecule has 1 atom stereocenters. The normalized spacial score (nSPS) is 28.7. The van der Waals surface area contributed by atoms with Gasteiger partial charge in [-0.2, -0.15) is 16.1 Å². The molecule has 5 heteroatoms. The zero-order chi connectivity index (χ0) is 8.48. The lowest BCUT2D eigenvalue weighted by molar-refractivity contribution is 0.371. The Morgan fingerprint density at radius 1 is 1.55 bits per heavy atom. The van der Waals surface area contributed by atoms with Gasteiger partial charge in [-0.3, -0.25) is 0 Å². The molecule has 0 spiro atoms. The van der Waals surface area contributed by atoms with Crippen molar-refractivity contribution in [3.05, 3.63) is 0 Å². The second-order valence-electron chi connectivity index (χ2n) is 2.80. The Labute approximate surface area is 72.2 Å². The van der Waals surface area contributed by atoms with Gasteiger partial charge >= 0.3 is 0 Å². The first-order valence-corrected chi connectivity index (χ1v) is 6.56. The molecule has 0 amide bonds. The van der Waals surface area contributed by atoms with E-state index in [-0.39, 0.29) is 6.04 Å². The van der Waals surface area contributed by atoms with E-state index in [2.05, 4.69) is 0 Å². The van der Waals surface area contributed by atoms with Crippen LogP contribution in [0.15, 0.2) is 0 Å². The van der Waals surface area contributed by atoms with Crippen LogP contribution in [0.4, 0.5) is 0 Å². The minimum atomic E-state index is -2.96. The van der Waals surface area contributed by atoms with Gasteiger partial charge in [-0.1, -0.05) is 0 Å². The highest BCUT2D eigenvalue weighted by atomic mass is 32.2. The number of hydrogen-bond donors (Lipinski definition) is 0. The predicted octanol–water partition coefficient (Wildman–Crippen LogP) is 0.383. The summed E-state index contributed by atoms with van der Waals surface area (Å²) in [4.78, 5) is 0. The van der Waals surface area contributed by atoms with Crippen molar-refractivity contribution in [1.82, 2.24) is 4.31 Å². The SMILES string of the molecule is CC1CSCCN1S(C)(=O)=O. The van der Waals surface area contributed by atoms with E-state index in [1.807, 2.05) is 18.7 Å². The van der Waals surface area contributed by atoms with Crippen LogP contribution in [0.5, 0.6) is 0 Å². The summed E-state index contributed by atoms with van der Waals surface area (Å²) < 4.78 is 23.8. The third-order valence-electron chi connectivity index (χ3n) is 1.73. The Hall–Kier alpha value is 0.260. The molecule has 1 fully saturated rings. The van der Waals surface area contributed by atoms with Gasteiger partial charge in [0.05, 0.1) is 6.26 Å². The van der Waals surface area contributed by atoms with Gasteiger partial charge in [0.2, 0.25) is 10.0 Å². The zero-order valence-electron chi connectivity index (χ0n) is 6.78. The highest BCUT2D eigenvalue weighted by Crippen LogP contribution is 2.17. The van der Waals surface area contributed by atoms with Crippen molar-refractivity contribution in [3.63, 3.8) is 0 Å². The van der Waals surface area contributed by atoms with Crippen molar-refractivity contribution in [2.75, 3.05) is 24.3 Å². The number of rotatable bonds is 1. The lowest BCUT2D eigenvalue weighted by Gasteiger charge is -2.30. The van der Waals surface area contributed by atoms with E-state index in [9.17, 15) is 8.42 Å². The van der Waals surface area contributed by atoms with Crippen LogP contribution in [-0.2, 0) is 10.0 Å². The summed E-state index contributed by atoms with van der Waals surface area (Å²) in [7, 11) is -2.96. The summed E-state index contributed by atoms with van der Waals surface area (Å²) in [6.07, 6.45) is 1.28. The molecule has 1 unspecified atom stereocenters. The first kappa shape index (κ1) is 9.35. The minimum Gasteiger partial charge on any atom is -0.212 e. The van der Waals surface area contributed by atoms with E-state index >= 15 is 0 Å². The standard InChI is InChI=1S/C6H13NO2S2/c1-6-5-10-4-3-7(6)11(2,8)9/h6H,3-5H2,1-2H3. The molecule has 1 heterocycles. The molecule has 0 aromatic rings. The molecule has 11 heavy (non-hydrogen) atoms. The summed E-state index contributed by atoms with van der Waals surface area (Å²) in [5.41, 5.74) is 0. The van der Waals surface area contributed by atoms with Gasteiger partial charge in [0.25, 0.3) is 0 Å². The maximum atomic E-state index is 11.1. The molecule has 66 valence electrons. The van der Waals surface area contributed by atoms with Gasteiger partial charge in [0.1, 0.15) is 0 Å². The molecule has 3 nitrogen and oxygen atoms in total. The van der Waals surface area contributed by atoms with Gasteiger partial charge in [0.15, 0.2) is 0 Å². The zero-order valence-corrected chi connectivity index (χ0v) is 8.41. The first-order chi connectivity index (χ1) is 5.02. The van der Waals surface area contributed by atoms with Gasteiger partial charge in [-0.25, -0.2) is 8.42 Å². The summed E-state index contributed by atoms with van der Waals surface area (Å²) in [6, 6.07) is 0.170. The van der Waals surface area contributed by atoms with Crippen molar-refractivity contribution in [2.24, 2.45) is 0 Å². The predicted molar refractivity (Wildman–Crippen MR) is 48.3 cm³/mol. The van der Waals surface area contributed by atoms with Crippen molar-refractivity contribution < 1.29 is 8.42 Å². The monoisotopic (exact) mass is 195 g/mol. The highest BCUT2D eigenvalue weighted by Gasteiger charge is 2.25. The van der Waals surface area contributed by atoms with E-state index in [0.717, 1.165) is 11.5 Å². The topological polar surface area (TPSA) is 37.4 Å². The Kier molecular flexibility index (Phi) is 2.83. The average Bonchev–Trinajstić information content (AvgIpc) is 1.86. The molecule has 1 aliphatic heterocycles. The Morgan fingerprint density at radius 3 is 2.55 bits per heavy atom. The maximum absolute atomic E-state index is 11.1. The minimum absolute atomic E-state index is 0.170. The highest BCUT2D eigenvalue weighted by molar-refractivity contribution is 7.99. The van der Waals surface area contributed by atoms with Crippen LogP contribution in [-0.4, -0.2) is 43.1 Å². The second kappa shape index (κ2) is 3.33. The molecular formula is C6H13NO2S2. The first-order valence-electron chi connectivity index (χ1n) is 3.56. The maximum Gasteiger partial charge on any atom is 0.211 e. The van der Waals surface area contributed by atoms with Gasteiger partial charge < -0.3 is 0 Å². The van der Waals surface area contributed by atoms with Gasteiger partial charge in [0, 0.05) is 24.1 Å². The Balaban J connectivity index is 2.70. The summed E-state index contributed by atoms with van der Waals surface area (Å²) >= 11 is 1.82. The Bertz CT molecular complexity index is 225. The molecule has 0 aliphatic carbocycles. The van der Waals surface area contributed by atoms with Gasteiger partial charge in [-0.15, -0.1) is 0 Å². The van der Waals surface area contributed by atoms with Crippen LogP contribution < -0.4 is 0 Å². The lowest BCUT2D eigenvalue weighted by atomic mass is 10.4. The molecule has 0 aromatic carbocycles. The van der Waals surface area contributed by atoms with Crippen LogP contribution in [0.2, 0.25) is 0 Å². The number of thioether (sulfide) groups is 1. The molecule has 1 saturated heterocycles. The van der Waals surface area contributed by atoms with E-state index < -0.39 is 10.0 Å². The van der Waals surface area contributed by atoms with Crippen molar-refractivity contribution >= 4 is 21.8 Å². The molecule has 0 bridgehead atoms. The third-order valence-corrected chi connectivity index (χ3v) is 4.32. The van der Waals surface area contributed by atoms with Crippen LogP contribution in [0, 0.1) is 0 Å². The molecule has 1 aliphatic rings. The van der Waals surface area contributed by atoms with Gasteiger partial charge in [-0.05, 0) is 6.92 Å². The van der Waals surface area contributed by atoms with E-state index in [1.165, 1.54) is 6.26 Å². The van der Waals surface area contributed by atoms with Crippen LogP contribution in [0.25, 0.3) is 0 Å². The average molecular weight is 195 g/mol. The van der Waals surface area contributed by atoms with Crippen molar-refractivity contribution in [3.8, 4) is 0 Å². The number of hydrogen-bond acceptors (Lipinski definition) is 3. The largest absolute Gasteiger partial charge is 0.212 e. The fourth-order valence-corrected chi connectivity index (χ4v) is 3.58. The van der Waals surface area contributed by atoms with Crippen molar-refractivity contribution in [1.29, 1.82) is 0 Å². The van der Waals surface area contributed by atoms with Crippen LogP contribution in [0.3, 0.4) is 0 Å². The molecule has 0 radical (unpaired) electrons. The van der Waals surface area contributed by atoms with E-state index in [0.29, 0.717) is 6.54 Å². The number of nitrogens with zero attached hydrogens (tertiary/aromatic N) is 1. The summed E-state index contributed by atoms with van der Waals surface area (Å²) in [5, 5.41) is 0. The second-order valence-corrected chi connectivity index (χ2v) is 5.88. The molecule has 0 aromatic heterocycles. The molecule has 0 saturated carbocycles. The van der Waals surface area contributed by atoms with E-state index in [4.69, 9.17) is 0 Å². The van der Waals surface area contributed by atoms with Crippen LogP contribution in [0.1, 0.15) is 6.92 Å². The fraction of sp³-hybridized carbons (Fsp3) is 1.00.